The van der Waals surface area contributed by atoms with Gasteiger partial charge in [0.1, 0.15) is 0 Å². The van der Waals surface area contributed by atoms with Crippen molar-refractivity contribution in [1.82, 2.24) is 9.55 Å². The lowest BCUT2D eigenvalue weighted by Crippen LogP contribution is -2.15. The monoisotopic (exact) mass is 349 g/mol. The topological polar surface area (TPSA) is 56.1 Å². The summed E-state index contributed by atoms with van der Waals surface area (Å²) in [6.07, 6.45) is 1.36. The molecule has 0 atom stereocenters. The number of carbonyl (C=O) groups excluding carboxylic acids is 1. The molecule has 0 bridgehead atoms. The first-order valence-corrected chi connectivity index (χ1v) is 8.49. The van der Waals surface area contributed by atoms with Gasteiger partial charge in [-0.3, -0.25) is 9.88 Å². The van der Waals surface area contributed by atoms with Crippen molar-refractivity contribution >= 4 is 12.0 Å². The molecule has 3 rings (SSSR count). The lowest BCUT2D eigenvalue weighted by Gasteiger charge is -2.19. The number of nitrogens with one attached hydrogen (secondary N) is 1. The van der Waals surface area contributed by atoms with Crippen molar-refractivity contribution in [1.29, 1.82) is 0 Å². The predicted octanol–water partition coefficient (Wildman–Crippen LogP) is 5.02. The summed E-state index contributed by atoms with van der Waals surface area (Å²) >= 11 is 0. The predicted molar refractivity (Wildman–Crippen MR) is 104 cm³/mol. The average molecular weight is 349 g/mol. The molecule has 26 heavy (non-hydrogen) atoms. The maximum absolute atomic E-state index is 11.7. The SMILES string of the molecule is COC(=O)Nc1nc(-c2ccccc2)cn1-c1ccc(C(C)(C)C)cc1. The Balaban J connectivity index is 2.04. The highest BCUT2D eigenvalue weighted by molar-refractivity contribution is 5.83. The first-order chi connectivity index (χ1) is 12.4. The fraction of sp³-hybridized carbons (Fsp3) is 0.238. The number of imidazole rings is 1. The minimum atomic E-state index is -0.553. The number of anilines is 1. The Kier molecular flexibility index (Phi) is 4.80. The van der Waals surface area contributed by atoms with Crippen LogP contribution >= 0.6 is 0 Å². The van der Waals surface area contributed by atoms with E-state index in [2.05, 4.69) is 43.2 Å². The second kappa shape index (κ2) is 7.04. The van der Waals surface area contributed by atoms with Crippen LogP contribution in [0.4, 0.5) is 10.7 Å². The second-order valence-corrected chi connectivity index (χ2v) is 7.10. The number of methoxy groups -OCH3 is 1. The molecule has 1 N–H and O–H groups in total. The third-order valence-electron chi connectivity index (χ3n) is 4.19. The van der Waals surface area contributed by atoms with E-state index in [9.17, 15) is 4.79 Å². The number of aromatic nitrogens is 2. The number of nitrogens with zero attached hydrogens (tertiary/aromatic N) is 2. The summed E-state index contributed by atoms with van der Waals surface area (Å²) in [5.41, 5.74) is 3.99. The van der Waals surface area contributed by atoms with E-state index in [0.29, 0.717) is 5.95 Å². The molecular formula is C21H23N3O2. The first kappa shape index (κ1) is 17.7. The second-order valence-electron chi connectivity index (χ2n) is 7.10. The Bertz CT molecular complexity index is 891. The van der Waals surface area contributed by atoms with Crippen LogP contribution < -0.4 is 5.32 Å². The molecule has 0 aliphatic rings. The van der Waals surface area contributed by atoms with Crippen molar-refractivity contribution in [2.45, 2.75) is 26.2 Å². The van der Waals surface area contributed by atoms with Gasteiger partial charge >= 0.3 is 6.09 Å². The Labute approximate surface area is 153 Å². The Morgan fingerprint density at radius 3 is 2.27 bits per heavy atom. The summed E-state index contributed by atoms with van der Waals surface area (Å²) in [4.78, 5) is 16.3. The van der Waals surface area contributed by atoms with Crippen molar-refractivity contribution in [3.63, 3.8) is 0 Å². The van der Waals surface area contributed by atoms with E-state index in [-0.39, 0.29) is 5.41 Å². The van der Waals surface area contributed by atoms with Gasteiger partial charge in [-0.05, 0) is 23.1 Å². The molecule has 1 amide bonds. The highest BCUT2D eigenvalue weighted by atomic mass is 16.5. The van der Waals surface area contributed by atoms with Crippen LogP contribution in [0.25, 0.3) is 16.9 Å². The van der Waals surface area contributed by atoms with Gasteiger partial charge in [0.15, 0.2) is 0 Å². The number of hydrogen-bond acceptors (Lipinski definition) is 3. The summed E-state index contributed by atoms with van der Waals surface area (Å²) in [5, 5.41) is 2.68. The molecule has 0 radical (unpaired) electrons. The van der Waals surface area contributed by atoms with Crippen molar-refractivity contribution < 1.29 is 9.53 Å². The Morgan fingerprint density at radius 2 is 1.69 bits per heavy atom. The first-order valence-electron chi connectivity index (χ1n) is 8.49. The van der Waals surface area contributed by atoms with E-state index in [1.54, 1.807) is 0 Å². The van der Waals surface area contributed by atoms with Crippen LogP contribution in [0.5, 0.6) is 0 Å². The summed E-state index contributed by atoms with van der Waals surface area (Å²) in [6.45, 7) is 6.53. The van der Waals surface area contributed by atoms with E-state index < -0.39 is 6.09 Å². The minimum absolute atomic E-state index is 0.0791. The molecular weight excluding hydrogens is 326 g/mol. The average Bonchev–Trinajstić information content (AvgIpc) is 3.05. The number of amides is 1. The Morgan fingerprint density at radius 1 is 1.04 bits per heavy atom. The third kappa shape index (κ3) is 3.77. The van der Waals surface area contributed by atoms with Crippen LogP contribution in [0, 0.1) is 0 Å². The van der Waals surface area contributed by atoms with E-state index in [1.165, 1.54) is 12.7 Å². The van der Waals surface area contributed by atoms with Crippen molar-refractivity contribution in [2.24, 2.45) is 0 Å². The fourth-order valence-corrected chi connectivity index (χ4v) is 2.68. The largest absolute Gasteiger partial charge is 0.453 e. The number of ether oxygens (including phenoxy) is 1. The normalized spacial score (nSPS) is 11.2. The third-order valence-corrected chi connectivity index (χ3v) is 4.19. The van der Waals surface area contributed by atoms with Gasteiger partial charge in [-0.1, -0.05) is 63.2 Å². The molecule has 0 aliphatic heterocycles. The zero-order valence-corrected chi connectivity index (χ0v) is 15.5. The van der Waals surface area contributed by atoms with Gasteiger partial charge in [-0.25, -0.2) is 9.78 Å². The molecule has 0 saturated carbocycles. The van der Waals surface area contributed by atoms with Gasteiger partial charge in [0, 0.05) is 17.4 Å². The molecule has 0 spiro atoms. The van der Waals surface area contributed by atoms with Crippen LogP contribution in [0.1, 0.15) is 26.3 Å². The Hall–Kier alpha value is -3.08. The molecule has 1 heterocycles. The van der Waals surface area contributed by atoms with Crippen molar-refractivity contribution in [3.05, 3.63) is 66.4 Å². The quantitative estimate of drug-likeness (QED) is 0.723. The molecule has 3 aromatic rings. The lowest BCUT2D eigenvalue weighted by atomic mass is 9.87. The highest BCUT2D eigenvalue weighted by Crippen LogP contribution is 2.27. The van der Waals surface area contributed by atoms with Crippen molar-refractivity contribution in [3.8, 4) is 16.9 Å². The summed E-state index contributed by atoms with van der Waals surface area (Å²) < 4.78 is 6.57. The number of carbonyl (C=O) groups is 1. The standard InChI is InChI=1S/C21H23N3O2/c1-21(2,3)16-10-12-17(13-11-16)24-14-18(15-8-6-5-7-9-15)22-19(24)23-20(25)26-4/h5-14H,1-4H3,(H,22,23,25). The van der Waals surface area contributed by atoms with E-state index >= 15 is 0 Å². The van der Waals surface area contributed by atoms with Crippen LogP contribution in [-0.2, 0) is 10.2 Å². The van der Waals surface area contributed by atoms with Crippen LogP contribution in [0.15, 0.2) is 60.8 Å². The van der Waals surface area contributed by atoms with Gasteiger partial charge in [0.25, 0.3) is 0 Å². The summed E-state index contributed by atoms with van der Waals surface area (Å²) in [6, 6.07) is 18.1. The zero-order valence-electron chi connectivity index (χ0n) is 15.5. The van der Waals surface area contributed by atoms with Gasteiger partial charge < -0.3 is 4.74 Å². The maximum Gasteiger partial charge on any atom is 0.413 e. The molecule has 5 nitrogen and oxygen atoms in total. The summed E-state index contributed by atoms with van der Waals surface area (Å²) in [5.74, 6) is 0.416. The molecule has 0 saturated heterocycles. The van der Waals surface area contributed by atoms with Crippen LogP contribution in [0.3, 0.4) is 0 Å². The van der Waals surface area contributed by atoms with Crippen LogP contribution in [0.2, 0.25) is 0 Å². The molecule has 0 aliphatic carbocycles. The molecule has 1 aromatic heterocycles. The van der Waals surface area contributed by atoms with Gasteiger partial charge in [0.2, 0.25) is 5.95 Å². The zero-order chi connectivity index (χ0) is 18.7. The van der Waals surface area contributed by atoms with Gasteiger partial charge in [-0.2, -0.15) is 0 Å². The molecule has 5 heteroatoms. The minimum Gasteiger partial charge on any atom is -0.453 e. The summed E-state index contributed by atoms with van der Waals surface area (Å²) in [7, 11) is 1.33. The van der Waals surface area contributed by atoms with E-state index in [4.69, 9.17) is 4.74 Å². The fourth-order valence-electron chi connectivity index (χ4n) is 2.68. The smallest absolute Gasteiger partial charge is 0.413 e. The maximum atomic E-state index is 11.7. The van der Waals surface area contributed by atoms with E-state index in [0.717, 1.165) is 16.9 Å². The molecule has 0 fully saturated rings. The lowest BCUT2D eigenvalue weighted by molar-refractivity contribution is 0.186. The number of hydrogen-bond donors (Lipinski definition) is 1. The molecule has 134 valence electrons. The molecule has 2 aromatic carbocycles. The molecule has 0 unspecified atom stereocenters. The van der Waals surface area contributed by atoms with Gasteiger partial charge in [-0.15, -0.1) is 0 Å². The van der Waals surface area contributed by atoms with Gasteiger partial charge in [0.05, 0.1) is 12.8 Å². The highest BCUT2D eigenvalue weighted by Gasteiger charge is 2.16. The van der Waals surface area contributed by atoms with Crippen LogP contribution in [-0.4, -0.2) is 22.8 Å². The van der Waals surface area contributed by atoms with E-state index in [1.807, 2.05) is 53.2 Å². The number of benzene rings is 2. The van der Waals surface area contributed by atoms with Crippen molar-refractivity contribution in [2.75, 3.05) is 12.4 Å². The number of rotatable bonds is 3.